The summed E-state index contributed by atoms with van der Waals surface area (Å²) < 4.78 is 98.9. The van der Waals surface area contributed by atoms with E-state index >= 15 is 0 Å². The molecule has 0 saturated carbocycles. The molecular formula is C10H6F8N2O. The van der Waals surface area contributed by atoms with E-state index in [0.717, 1.165) is 11.4 Å². The summed E-state index contributed by atoms with van der Waals surface area (Å²) in [5.74, 6) is -8.76. The molecule has 0 unspecified atom stereocenters. The van der Waals surface area contributed by atoms with Crippen LogP contribution in [0.25, 0.3) is 0 Å². The van der Waals surface area contributed by atoms with Crippen LogP contribution in [0.4, 0.5) is 46.5 Å². The molecule has 3 N–H and O–H groups in total. The maximum absolute atomic E-state index is 12.7. The summed E-state index contributed by atoms with van der Waals surface area (Å²) in [5, 5.41) is 0.907. The van der Waals surface area contributed by atoms with Gasteiger partial charge in [0.05, 0.1) is 11.3 Å². The highest BCUT2D eigenvalue weighted by Crippen LogP contribution is 2.39. The summed E-state index contributed by atoms with van der Waals surface area (Å²) in [6.45, 7) is 0. The van der Waals surface area contributed by atoms with Crippen molar-refractivity contribution in [3.63, 3.8) is 0 Å². The molecule has 0 aliphatic carbocycles. The molecule has 0 radical (unpaired) electrons. The number of rotatable bonds is 2. The summed E-state index contributed by atoms with van der Waals surface area (Å²) in [7, 11) is 0. The van der Waals surface area contributed by atoms with Crippen LogP contribution in [-0.2, 0) is 11.0 Å². The quantitative estimate of drug-likeness (QED) is 0.647. The Hall–Kier alpha value is -2.07. The molecular weight excluding hydrogens is 316 g/mol. The molecule has 0 aromatic heterocycles. The van der Waals surface area contributed by atoms with E-state index in [1.165, 1.54) is 0 Å². The monoisotopic (exact) mass is 322 g/mol. The number of nitrogens with two attached hydrogens (primary N) is 1. The summed E-state index contributed by atoms with van der Waals surface area (Å²) in [4.78, 5) is 10.9. The summed E-state index contributed by atoms with van der Waals surface area (Å²) in [6, 6.07) is 1.57. The van der Waals surface area contributed by atoms with Crippen molar-refractivity contribution in [2.75, 3.05) is 11.1 Å². The fourth-order valence-electron chi connectivity index (χ4n) is 1.23. The molecule has 0 bridgehead atoms. The standard InChI is InChI=1S/C10H6F8N2O/c11-8(12,10(16,17)18)7(21)20-6-2-1-4(19)3-5(6)9(13,14)15/h1-3H,19H2,(H,20,21). The van der Waals surface area contributed by atoms with Gasteiger partial charge in [-0.1, -0.05) is 0 Å². The van der Waals surface area contributed by atoms with Crippen LogP contribution in [0.2, 0.25) is 0 Å². The topological polar surface area (TPSA) is 55.1 Å². The zero-order valence-electron chi connectivity index (χ0n) is 9.74. The second-order valence-corrected chi connectivity index (χ2v) is 3.83. The molecule has 1 aromatic rings. The smallest absolute Gasteiger partial charge is 0.399 e. The minimum atomic E-state index is -6.23. The third-order valence-corrected chi connectivity index (χ3v) is 2.24. The molecule has 1 amide bonds. The molecule has 118 valence electrons. The number of nitrogen functional groups attached to an aromatic ring is 1. The van der Waals surface area contributed by atoms with E-state index in [0.29, 0.717) is 12.1 Å². The lowest BCUT2D eigenvalue weighted by atomic mass is 10.1. The molecule has 0 spiro atoms. The average Bonchev–Trinajstić information content (AvgIpc) is 2.28. The van der Waals surface area contributed by atoms with Crippen LogP contribution in [-0.4, -0.2) is 18.0 Å². The molecule has 1 rings (SSSR count). The van der Waals surface area contributed by atoms with Crippen molar-refractivity contribution in [1.29, 1.82) is 0 Å². The first-order valence-corrected chi connectivity index (χ1v) is 4.99. The number of carbonyl (C=O) groups excluding carboxylic acids is 1. The number of halogens is 8. The van der Waals surface area contributed by atoms with Gasteiger partial charge in [-0.25, -0.2) is 0 Å². The largest absolute Gasteiger partial charge is 0.463 e. The first kappa shape index (κ1) is 17.0. The van der Waals surface area contributed by atoms with E-state index in [4.69, 9.17) is 5.73 Å². The Morgan fingerprint density at radius 2 is 1.52 bits per heavy atom. The minimum absolute atomic E-state index is 0.293. The van der Waals surface area contributed by atoms with E-state index < -0.39 is 41.1 Å². The number of benzene rings is 1. The summed E-state index contributed by atoms with van der Waals surface area (Å²) in [5.41, 5.74) is 1.75. The Bertz CT molecular complexity index is 549. The third-order valence-electron chi connectivity index (χ3n) is 2.24. The van der Waals surface area contributed by atoms with Crippen molar-refractivity contribution >= 4 is 17.3 Å². The summed E-state index contributed by atoms with van der Waals surface area (Å²) in [6.07, 6.45) is -11.3. The predicted octanol–water partition coefficient (Wildman–Crippen LogP) is 3.42. The Morgan fingerprint density at radius 3 is 1.95 bits per heavy atom. The molecule has 0 atom stereocenters. The lowest BCUT2D eigenvalue weighted by Crippen LogP contribution is -2.47. The number of hydrogen-bond acceptors (Lipinski definition) is 2. The fourth-order valence-corrected chi connectivity index (χ4v) is 1.23. The minimum Gasteiger partial charge on any atom is -0.399 e. The van der Waals surface area contributed by atoms with Gasteiger partial charge in [-0.05, 0) is 18.2 Å². The van der Waals surface area contributed by atoms with Crippen LogP contribution in [0.15, 0.2) is 18.2 Å². The normalized spacial score (nSPS) is 13.1. The number of anilines is 2. The van der Waals surface area contributed by atoms with Crippen LogP contribution in [0.1, 0.15) is 5.56 Å². The van der Waals surface area contributed by atoms with Crippen LogP contribution in [0.5, 0.6) is 0 Å². The van der Waals surface area contributed by atoms with Gasteiger partial charge in [-0.15, -0.1) is 0 Å². The van der Waals surface area contributed by atoms with Gasteiger partial charge >= 0.3 is 24.2 Å². The van der Waals surface area contributed by atoms with Crippen LogP contribution >= 0.6 is 0 Å². The Morgan fingerprint density at radius 1 is 1.00 bits per heavy atom. The molecule has 0 aliphatic rings. The molecule has 0 fully saturated rings. The number of hydrogen-bond donors (Lipinski definition) is 2. The molecule has 0 heterocycles. The zero-order chi connectivity index (χ0) is 16.6. The Kier molecular flexibility index (Phi) is 4.08. The molecule has 11 heteroatoms. The second-order valence-electron chi connectivity index (χ2n) is 3.83. The van der Waals surface area contributed by atoms with Crippen LogP contribution < -0.4 is 11.1 Å². The first-order chi connectivity index (χ1) is 9.26. The Balaban J connectivity index is 3.18. The van der Waals surface area contributed by atoms with Gasteiger partial charge in [0.1, 0.15) is 0 Å². The van der Waals surface area contributed by atoms with Gasteiger partial charge in [0.2, 0.25) is 0 Å². The van der Waals surface area contributed by atoms with Crippen molar-refractivity contribution in [2.45, 2.75) is 18.3 Å². The molecule has 0 aliphatic heterocycles. The predicted molar refractivity (Wildman–Crippen MR) is 55.5 cm³/mol. The van der Waals surface area contributed by atoms with Crippen molar-refractivity contribution in [2.24, 2.45) is 0 Å². The number of amides is 1. The van der Waals surface area contributed by atoms with Gasteiger partial charge in [-0.2, -0.15) is 35.1 Å². The number of nitrogens with one attached hydrogen (secondary N) is 1. The number of alkyl halides is 8. The van der Waals surface area contributed by atoms with E-state index in [2.05, 4.69) is 0 Å². The van der Waals surface area contributed by atoms with Crippen molar-refractivity contribution in [1.82, 2.24) is 0 Å². The molecule has 0 saturated heterocycles. The first-order valence-electron chi connectivity index (χ1n) is 4.99. The lowest BCUT2D eigenvalue weighted by molar-refractivity contribution is -0.267. The van der Waals surface area contributed by atoms with Crippen LogP contribution in [0.3, 0.4) is 0 Å². The van der Waals surface area contributed by atoms with Crippen molar-refractivity contribution in [3.8, 4) is 0 Å². The Labute approximate surface area is 111 Å². The third kappa shape index (κ3) is 3.52. The van der Waals surface area contributed by atoms with Gasteiger partial charge in [0, 0.05) is 5.69 Å². The summed E-state index contributed by atoms with van der Waals surface area (Å²) >= 11 is 0. The van der Waals surface area contributed by atoms with E-state index in [1.54, 1.807) is 0 Å². The van der Waals surface area contributed by atoms with E-state index in [9.17, 15) is 39.9 Å². The maximum atomic E-state index is 12.7. The maximum Gasteiger partial charge on any atom is 0.463 e. The van der Waals surface area contributed by atoms with Gasteiger partial charge in [0.25, 0.3) is 0 Å². The highest BCUT2D eigenvalue weighted by Gasteiger charge is 2.63. The molecule has 21 heavy (non-hydrogen) atoms. The van der Waals surface area contributed by atoms with Crippen LogP contribution in [0, 0.1) is 0 Å². The van der Waals surface area contributed by atoms with Crippen molar-refractivity contribution in [3.05, 3.63) is 23.8 Å². The van der Waals surface area contributed by atoms with Gasteiger partial charge < -0.3 is 11.1 Å². The van der Waals surface area contributed by atoms with E-state index in [-0.39, 0.29) is 0 Å². The van der Waals surface area contributed by atoms with Gasteiger partial charge in [-0.3, -0.25) is 4.79 Å². The van der Waals surface area contributed by atoms with Gasteiger partial charge in [0.15, 0.2) is 0 Å². The highest BCUT2D eigenvalue weighted by atomic mass is 19.4. The van der Waals surface area contributed by atoms with E-state index in [1.807, 2.05) is 0 Å². The highest BCUT2D eigenvalue weighted by molar-refractivity contribution is 5.97. The SMILES string of the molecule is Nc1ccc(NC(=O)C(F)(F)C(F)(F)F)c(C(F)(F)F)c1. The second kappa shape index (κ2) is 5.04. The molecule has 3 nitrogen and oxygen atoms in total. The average molecular weight is 322 g/mol. The van der Waals surface area contributed by atoms with Crippen molar-refractivity contribution < 1.29 is 39.9 Å². The molecule has 1 aromatic carbocycles. The lowest BCUT2D eigenvalue weighted by Gasteiger charge is -2.20. The fraction of sp³-hybridized carbons (Fsp3) is 0.300. The zero-order valence-corrected chi connectivity index (χ0v) is 9.74. The number of carbonyl (C=O) groups is 1.